The van der Waals surface area contributed by atoms with E-state index >= 15 is 0 Å². The third-order valence-corrected chi connectivity index (χ3v) is 6.14. The fourth-order valence-electron chi connectivity index (χ4n) is 4.08. The highest BCUT2D eigenvalue weighted by molar-refractivity contribution is 6.34. The van der Waals surface area contributed by atoms with Gasteiger partial charge in [0.2, 0.25) is 0 Å². The number of carbonyl (C=O) groups is 3. The highest BCUT2D eigenvalue weighted by atomic mass is 35.5. The number of halogens is 1. The van der Waals surface area contributed by atoms with Crippen LogP contribution in [-0.4, -0.2) is 35.7 Å². The van der Waals surface area contributed by atoms with Crippen molar-refractivity contribution >= 4 is 35.3 Å². The molecule has 8 heteroatoms. The van der Waals surface area contributed by atoms with Gasteiger partial charge in [-0.05, 0) is 46.9 Å². The summed E-state index contributed by atoms with van der Waals surface area (Å²) in [6.45, 7) is 1.82. The third-order valence-electron chi connectivity index (χ3n) is 5.82. The fraction of sp³-hybridized carbons (Fsp3) is 0.192. The minimum Gasteiger partial charge on any atom is -0.480 e. The number of carboxylic acids is 1. The Labute approximate surface area is 201 Å². The molecule has 1 unspecified atom stereocenters. The van der Waals surface area contributed by atoms with Crippen LogP contribution in [0, 0.1) is 0 Å². The van der Waals surface area contributed by atoms with Crippen LogP contribution in [0.25, 0.3) is 11.1 Å². The van der Waals surface area contributed by atoms with Gasteiger partial charge in [0.25, 0.3) is 5.91 Å². The molecule has 0 heterocycles. The van der Waals surface area contributed by atoms with Gasteiger partial charge in [0, 0.05) is 11.5 Å². The number of aliphatic carboxylic acids is 1. The highest BCUT2D eigenvalue weighted by Gasteiger charge is 2.29. The maximum atomic E-state index is 12.5. The van der Waals surface area contributed by atoms with Gasteiger partial charge in [-0.1, -0.05) is 67.1 Å². The van der Waals surface area contributed by atoms with E-state index in [2.05, 4.69) is 22.8 Å². The van der Waals surface area contributed by atoms with Crippen LogP contribution in [0.5, 0.6) is 0 Å². The summed E-state index contributed by atoms with van der Waals surface area (Å²) in [6, 6.07) is 19.4. The molecule has 34 heavy (non-hydrogen) atoms. The second-order valence-corrected chi connectivity index (χ2v) is 8.32. The first-order valence-corrected chi connectivity index (χ1v) is 11.2. The van der Waals surface area contributed by atoms with E-state index in [0.717, 1.165) is 22.3 Å². The maximum Gasteiger partial charge on any atom is 0.411 e. The number of carbonyl (C=O) groups excluding carboxylic acids is 2. The molecule has 3 aromatic rings. The molecule has 4 rings (SSSR count). The van der Waals surface area contributed by atoms with Crippen molar-refractivity contribution in [2.75, 3.05) is 11.9 Å². The van der Waals surface area contributed by atoms with Crippen molar-refractivity contribution in [3.05, 3.63) is 88.4 Å². The summed E-state index contributed by atoms with van der Waals surface area (Å²) in [5.74, 6) is -1.75. The molecule has 0 aliphatic heterocycles. The number of ether oxygens (including phenoxy) is 1. The Balaban J connectivity index is 1.40. The zero-order chi connectivity index (χ0) is 24.2. The van der Waals surface area contributed by atoms with E-state index in [-0.39, 0.29) is 35.2 Å². The van der Waals surface area contributed by atoms with Crippen molar-refractivity contribution in [2.45, 2.75) is 25.3 Å². The molecule has 2 amide bonds. The van der Waals surface area contributed by atoms with Crippen molar-refractivity contribution < 1.29 is 24.2 Å². The van der Waals surface area contributed by atoms with Crippen LogP contribution in [0.1, 0.15) is 40.7 Å². The van der Waals surface area contributed by atoms with Gasteiger partial charge >= 0.3 is 12.1 Å². The Kier molecular flexibility index (Phi) is 6.84. The second-order valence-electron chi connectivity index (χ2n) is 7.92. The second kappa shape index (κ2) is 9.97. The summed E-state index contributed by atoms with van der Waals surface area (Å²) < 4.78 is 5.52. The smallest absolute Gasteiger partial charge is 0.411 e. The Morgan fingerprint density at radius 1 is 1.00 bits per heavy atom. The average molecular weight is 479 g/mol. The molecule has 0 spiro atoms. The van der Waals surface area contributed by atoms with Crippen LogP contribution < -0.4 is 10.6 Å². The number of fused-ring (bicyclic) bond motifs is 3. The van der Waals surface area contributed by atoms with E-state index in [1.54, 1.807) is 6.92 Å². The number of benzene rings is 3. The minimum atomic E-state index is -1.12. The summed E-state index contributed by atoms with van der Waals surface area (Å²) in [6.07, 6.45) is -0.422. The molecule has 0 aromatic heterocycles. The Hall–Kier alpha value is -3.84. The van der Waals surface area contributed by atoms with Gasteiger partial charge in [0.05, 0.1) is 10.7 Å². The lowest BCUT2D eigenvalue weighted by atomic mass is 9.98. The van der Waals surface area contributed by atoms with Gasteiger partial charge in [-0.15, -0.1) is 0 Å². The lowest BCUT2D eigenvalue weighted by Gasteiger charge is -2.15. The summed E-state index contributed by atoms with van der Waals surface area (Å²) in [7, 11) is 0. The molecule has 7 nitrogen and oxygen atoms in total. The summed E-state index contributed by atoms with van der Waals surface area (Å²) in [5, 5.41) is 14.3. The molecule has 3 N–H and O–H groups in total. The number of amides is 2. The quantitative estimate of drug-likeness (QED) is 0.427. The number of carboxylic acid groups (broad SMARTS) is 1. The summed E-state index contributed by atoms with van der Waals surface area (Å²) in [5.41, 5.74) is 4.95. The number of hydrogen-bond donors (Lipinski definition) is 3. The first-order valence-electron chi connectivity index (χ1n) is 10.8. The van der Waals surface area contributed by atoms with Gasteiger partial charge in [-0.2, -0.15) is 0 Å². The average Bonchev–Trinajstić information content (AvgIpc) is 3.16. The van der Waals surface area contributed by atoms with Crippen molar-refractivity contribution in [1.82, 2.24) is 5.32 Å². The molecular weight excluding hydrogens is 456 g/mol. The molecule has 1 aliphatic carbocycles. The lowest BCUT2D eigenvalue weighted by molar-refractivity contribution is -0.139. The SMILES string of the molecule is CCC(NC(=O)c1ccc(NC(=O)OCC2c3ccccc3-c3ccccc32)c(Cl)c1)C(=O)O. The molecule has 3 aromatic carbocycles. The van der Waals surface area contributed by atoms with E-state index in [1.807, 2.05) is 36.4 Å². The van der Waals surface area contributed by atoms with Gasteiger partial charge in [0.15, 0.2) is 0 Å². The molecule has 1 atom stereocenters. The van der Waals surface area contributed by atoms with Crippen molar-refractivity contribution in [3.63, 3.8) is 0 Å². The molecule has 0 saturated carbocycles. The molecular formula is C26H23ClN2O5. The lowest BCUT2D eigenvalue weighted by Crippen LogP contribution is -2.40. The van der Waals surface area contributed by atoms with Crippen LogP contribution in [0.3, 0.4) is 0 Å². The van der Waals surface area contributed by atoms with Crippen LogP contribution in [0.2, 0.25) is 5.02 Å². The first kappa shape index (κ1) is 23.3. The van der Waals surface area contributed by atoms with Crippen LogP contribution in [-0.2, 0) is 9.53 Å². The van der Waals surface area contributed by atoms with Crippen molar-refractivity contribution in [1.29, 1.82) is 0 Å². The summed E-state index contributed by atoms with van der Waals surface area (Å²) >= 11 is 6.25. The van der Waals surface area contributed by atoms with Gasteiger partial charge in [-0.3, -0.25) is 10.1 Å². The molecule has 0 saturated heterocycles. The monoisotopic (exact) mass is 478 g/mol. The minimum absolute atomic E-state index is 0.0690. The predicted octanol–water partition coefficient (Wildman–Crippen LogP) is 5.29. The first-order chi connectivity index (χ1) is 16.4. The Bertz CT molecular complexity index is 1210. The zero-order valence-electron chi connectivity index (χ0n) is 18.4. The molecule has 1 aliphatic rings. The topological polar surface area (TPSA) is 105 Å². The molecule has 174 valence electrons. The molecule has 0 bridgehead atoms. The van der Waals surface area contributed by atoms with E-state index < -0.39 is 24.0 Å². The van der Waals surface area contributed by atoms with E-state index in [4.69, 9.17) is 21.4 Å². The van der Waals surface area contributed by atoms with Crippen molar-refractivity contribution in [3.8, 4) is 11.1 Å². The number of rotatable bonds is 7. The van der Waals surface area contributed by atoms with Crippen LogP contribution >= 0.6 is 11.6 Å². The molecule has 0 fully saturated rings. The van der Waals surface area contributed by atoms with Crippen LogP contribution in [0.15, 0.2) is 66.7 Å². The van der Waals surface area contributed by atoms with E-state index in [0.29, 0.717) is 0 Å². The van der Waals surface area contributed by atoms with E-state index in [1.165, 1.54) is 18.2 Å². The summed E-state index contributed by atoms with van der Waals surface area (Å²) in [4.78, 5) is 35.9. The van der Waals surface area contributed by atoms with Gasteiger partial charge in [0.1, 0.15) is 12.6 Å². The largest absolute Gasteiger partial charge is 0.480 e. The predicted molar refractivity (Wildman–Crippen MR) is 129 cm³/mol. The Morgan fingerprint density at radius 3 is 2.18 bits per heavy atom. The third kappa shape index (κ3) is 4.75. The normalized spacial score (nSPS) is 12.9. The molecule has 0 radical (unpaired) electrons. The number of anilines is 1. The van der Waals surface area contributed by atoms with E-state index in [9.17, 15) is 14.4 Å². The Morgan fingerprint density at radius 2 is 1.62 bits per heavy atom. The fourth-order valence-corrected chi connectivity index (χ4v) is 4.31. The van der Waals surface area contributed by atoms with Crippen LogP contribution in [0.4, 0.5) is 10.5 Å². The van der Waals surface area contributed by atoms with Gasteiger partial charge in [-0.25, -0.2) is 9.59 Å². The van der Waals surface area contributed by atoms with Gasteiger partial charge < -0.3 is 15.2 Å². The maximum absolute atomic E-state index is 12.5. The van der Waals surface area contributed by atoms with Crippen molar-refractivity contribution in [2.24, 2.45) is 0 Å². The number of hydrogen-bond acceptors (Lipinski definition) is 4. The number of nitrogens with one attached hydrogen (secondary N) is 2. The standard InChI is InChI=1S/C26H23ClN2O5/c1-2-22(25(31)32)28-24(30)15-11-12-23(21(27)13-15)29-26(33)34-14-20-18-9-5-3-7-16(18)17-8-4-6-10-19(17)20/h3-13,20,22H,2,14H2,1H3,(H,28,30)(H,29,33)(H,31,32). The highest BCUT2D eigenvalue weighted by Crippen LogP contribution is 2.44. The zero-order valence-corrected chi connectivity index (χ0v) is 19.1.